The Balaban J connectivity index is 0.00000139. The van der Waals surface area contributed by atoms with Gasteiger partial charge in [-0.15, -0.1) is 0 Å². The number of hydrogen-bond acceptors (Lipinski definition) is 10. The van der Waals surface area contributed by atoms with Gasteiger partial charge in [0.25, 0.3) is 12.0 Å². The van der Waals surface area contributed by atoms with Crippen LogP contribution in [0.3, 0.4) is 0 Å². The topological polar surface area (TPSA) is 157 Å². The van der Waals surface area contributed by atoms with Gasteiger partial charge in [0, 0.05) is 80.5 Å². The number of benzene rings is 2. The predicted molar refractivity (Wildman–Crippen MR) is 188 cm³/mol. The van der Waals surface area contributed by atoms with Gasteiger partial charge in [0.2, 0.25) is 5.91 Å². The molecule has 0 spiro atoms. The number of hydrogen-bond donors (Lipinski definition) is 3. The normalized spacial score (nSPS) is 19.5. The third-order valence-corrected chi connectivity index (χ3v) is 11.0. The van der Waals surface area contributed by atoms with Crippen LogP contribution in [0.2, 0.25) is 0 Å². The molecular weight excluding hydrogens is 667 g/mol. The molecule has 0 atom stereocenters. The molecule has 3 amide bonds. The number of amides is 3. The number of urea groups is 1. The standard InChI is InChI=1S/C34H41FN6O5S.CH2O2/c35-28-15-26(16-29-32(28)33(43)37-30(36-29)21-47-27-7-12-45-13-8-27)46-20-22-4-9-39(10-5-22)17-23-18-40(19-23)24-2-1-3-25(14-24)41-11-6-31(42)38-34(41)44;2-1-3/h1-3,14-16,22-23,27H,4-13,17-21H2,(H,36,37,43)(H,38,42,44);1H,(H,2,3). The molecule has 2 aromatic carbocycles. The van der Waals surface area contributed by atoms with E-state index in [1.165, 1.54) is 6.07 Å². The number of carbonyl (C=O) groups excluding carboxylic acids is 2. The number of thioether (sulfide) groups is 1. The number of H-pyrrole nitrogens is 1. The summed E-state index contributed by atoms with van der Waals surface area (Å²) in [5.41, 5.74) is 1.77. The van der Waals surface area contributed by atoms with E-state index >= 15 is 0 Å². The van der Waals surface area contributed by atoms with Gasteiger partial charge in [-0.05, 0) is 62.9 Å². The van der Waals surface area contributed by atoms with Crippen LogP contribution in [0.25, 0.3) is 10.9 Å². The van der Waals surface area contributed by atoms with Crippen molar-refractivity contribution in [2.45, 2.75) is 43.1 Å². The maximum absolute atomic E-state index is 15.0. The van der Waals surface area contributed by atoms with Crippen molar-refractivity contribution in [3.05, 3.63) is 58.4 Å². The third kappa shape index (κ3) is 8.92. The molecule has 5 heterocycles. The van der Waals surface area contributed by atoms with Crippen LogP contribution < -0.4 is 25.4 Å². The zero-order chi connectivity index (χ0) is 35.0. The highest BCUT2D eigenvalue weighted by molar-refractivity contribution is 7.99. The summed E-state index contributed by atoms with van der Waals surface area (Å²) in [6.07, 6.45) is 4.30. The molecule has 0 unspecified atom stereocenters. The van der Waals surface area contributed by atoms with Crippen LogP contribution in [0.4, 0.5) is 20.6 Å². The van der Waals surface area contributed by atoms with Gasteiger partial charge in [-0.3, -0.25) is 24.6 Å². The first kappa shape index (κ1) is 35.6. The number of ether oxygens (including phenoxy) is 2. The monoisotopic (exact) mass is 710 g/mol. The first-order valence-electron chi connectivity index (χ1n) is 17.1. The number of imide groups is 1. The number of aromatic nitrogens is 2. The van der Waals surface area contributed by atoms with Crippen molar-refractivity contribution >= 4 is 52.5 Å². The number of halogens is 1. The van der Waals surface area contributed by atoms with Crippen LogP contribution in [0.5, 0.6) is 5.75 Å². The Morgan fingerprint density at radius 2 is 1.76 bits per heavy atom. The summed E-state index contributed by atoms with van der Waals surface area (Å²) in [7, 11) is 0. The fourth-order valence-electron chi connectivity index (χ4n) is 6.92. The highest BCUT2D eigenvalue weighted by Gasteiger charge is 2.31. The average Bonchev–Trinajstić information content (AvgIpc) is 3.09. The minimum atomic E-state index is -0.612. The van der Waals surface area contributed by atoms with Gasteiger partial charge in [-0.25, -0.2) is 14.2 Å². The Labute approximate surface area is 293 Å². The summed E-state index contributed by atoms with van der Waals surface area (Å²) in [4.78, 5) is 58.6. The number of aromatic amines is 1. The molecular formula is C35H43FN6O7S. The van der Waals surface area contributed by atoms with E-state index in [2.05, 4.69) is 31.2 Å². The summed E-state index contributed by atoms with van der Waals surface area (Å²) in [5.74, 6) is 1.65. The molecule has 4 aliphatic heterocycles. The average molecular weight is 711 g/mol. The predicted octanol–water partition coefficient (Wildman–Crippen LogP) is 3.85. The molecule has 13 nitrogen and oxygen atoms in total. The van der Waals surface area contributed by atoms with Gasteiger partial charge >= 0.3 is 6.03 Å². The van der Waals surface area contributed by atoms with E-state index in [1.54, 1.807) is 22.7 Å². The van der Waals surface area contributed by atoms with E-state index in [0.29, 0.717) is 59.5 Å². The minimum Gasteiger partial charge on any atom is -0.493 e. The number of nitrogens with one attached hydrogen (secondary N) is 2. The van der Waals surface area contributed by atoms with Gasteiger partial charge in [-0.2, -0.15) is 11.8 Å². The lowest BCUT2D eigenvalue weighted by molar-refractivity contribution is -0.123. The highest BCUT2D eigenvalue weighted by Crippen LogP contribution is 2.31. The number of nitrogens with zero attached hydrogens (tertiary/aromatic N) is 4. The van der Waals surface area contributed by atoms with Crippen molar-refractivity contribution < 1.29 is 33.4 Å². The van der Waals surface area contributed by atoms with Gasteiger partial charge < -0.3 is 29.4 Å². The Hall–Kier alpha value is -4.21. The van der Waals surface area contributed by atoms with Crippen molar-refractivity contribution in [3.8, 4) is 5.75 Å². The Morgan fingerprint density at radius 1 is 1.02 bits per heavy atom. The van der Waals surface area contributed by atoms with E-state index in [-0.39, 0.29) is 23.8 Å². The number of piperidine rings is 1. The number of anilines is 2. The van der Waals surface area contributed by atoms with Crippen LogP contribution >= 0.6 is 11.8 Å². The maximum Gasteiger partial charge on any atom is 0.328 e. The van der Waals surface area contributed by atoms with Crippen molar-refractivity contribution in [3.63, 3.8) is 0 Å². The molecule has 4 fully saturated rings. The molecule has 7 rings (SSSR count). The Kier molecular flexibility index (Phi) is 11.9. The number of rotatable bonds is 10. The molecule has 15 heteroatoms. The van der Waals surface area contributed by atoms with E-state index in [1.807, 2.05) is 18.2 Å². The fourth-order valence-corrected chi connectivity index (χ4v) is 7.97. The fraction of sp³-hybridized carbons (Fsp3) is 0.514. The number of fused-ring (bicyclic) bond motifs is 1. The van der Waals surface area contributed by atoms with Crippen molar-refractivity contribution in [1.29, 1.82) is 0 Å². The second-order valence-corrected chi connectivity index (χ2v) is 14.4. The van der Waals surface area contributed by atoms with Crippen LogP contribution in [-0.4, -0.2) is 103 Å². The van der Waals surface area contributed by atoms with Crippen LogP contribution in [0.15, 0.2) is 41.2 Å². The first-order valence-corrected chi connectivity index (χ1v) is 18.2. The van der Waals surface area contributed by atoms with Crippen LogP contribution in [0.1, 0.15) is 37.9 Å². The van der Waals surface area contributed by atoms with Crippen molar-refractivity contribution in [2.75, 3.05) is 68.9 Å². The molecule has 268 valence electrons. The number of carbonyl (C=O) groups is 3. The van der Waals surface area contributed by atoms with Gasteiger partial charge in [0.05, 0.1) is 17.9 Å². The van der Waals surface area contributed by atoms with Crippen molar-refractivity contribution in [2.24, 2.45) is 11.8 Å². The number of carboxylic acid groups (broad SMARTS) is 1. The van der Waals surface area contributed by atoms with E-state index < -0.39 is 11.4 Å². The van der Waals surface area contributed by atoms with E-state index in [4.69, 9.17) is 19.4 Å². The smallest absolute Gasteiger partial charge is 0.328 e. The molecule has 3 aromatic rings. The summed E-state index contributed by atoms with van der Waals surface area (Å²) in [6.45, 7) is 7.15. The minimum absolute atomic E-state index is 0.0279. The molecule has 4 saturated heterocycles. The van der Waals surface area contributed by atoms with Crippen LogP contribution in [0, 0.1) is 17.7 Å². The molecule has 50 heavy (non-hydrogen) atoms. The van der Waals surface area contributed by atoms with Gasteiger partial charge in [0.15, 0.2) is 0 Å². The summed E-state index contributed by atoms with van der Waals surface area (Å²) < 4.78 is 26.5. The summed E-state index contributed by atoms with van der Waals surface area (Å²) in [6, 6.07) is 10.6. The van der Waals surface area contributed by atoms with E-state index in [9.17, 15) is 18.8 Å². The second kappa shape index (κ2) is 16.7. The molecule has 0 bridgehead atoms. The lowest BCUT2D eigenvalue weighted by Gasteiger charge is -2.44. The molecule has 4 aliphatic rings. The first-order chi connectivity index (χ1) is 24.3. The van der Waals surface area contributed by atoms with E-state index in [0.717, 1.165) is 83.0 Å². The van der Waals surface area contributed by atoms with Crippen LogP contribution in [-0.2, 0) is 20.1 Å². The van der Waals surface area contributed by atoms with Gasteiger partial charge in [0.1, 0.15) is 22.8 Å². The Morgan fingerprint density at radius 3 is 2.50 bits per heavy atom. The lowest BCUT2D eigenvalue weighted by Crippen LogP contribution is -2.53. The van der Waals surface area contributed by atoms with Gasteiger partial charge in [-0.1, -0.05) is 6.07 Å². The number of likely N-dealkylation sites (tertiary alicyclic amines) is 1. The molecule has 0 aliphatic carbocycles. The zero-order valence-corrected chi connectivity index (χ0v) is 28.7. The Bertz CT molecular complexity index is 1720. The summed E-state index contributed by atoms with van der Waals surface area (Å²) >= 11 is 1.75. The summed E-state index contributed by atoms with van der Waals surface area (Å²) in [5, 5.41) is 9.72. The SMILES string of the molecule is O=C1CCN(c2cccc(N3CC(CN4CCC(COc5cc(F)c6c(=O)[nH]c(CSC7CCOCC7)nc6c5)CC4)C3)c2)C(=O)N1.O=CO. The molecule has 0 radical (unpaired) electrons. The second-order valence-electron chi connectivity index (χ2n) is 13.1. The maximum atomic E-state index is 15.0. The quantitative estimate of drug-likeness (QED) is 0.263. The largest absolute Gasteiger partial charge is 0.493 e. The molecule has 3 N–H and O–H groups in total. The third-order valence-electron chi connectivity index (χ3n) is 9.63. The highest BCUT2D eigenvalue weighted by atomic mass is 32.2. The lowest BCUT2D eigenvalue weighted by atomic mass is 9.94. The molecule has 0 saturated carbocycles. The molecule has 1 aromatic heterocycles. The zero-order valence-electron chi connectivity index (χ0n) is 27.9. The van der Waals surface area contributed by atoms with Crippen molar-refractivity contribution in [1.82, 2.24) is 20.2 Å².